The first kappa shape index (κ1) is 16.0. The molecule has 0 aliphatic heterocycles. The van der Waals surface area contributed by atoms with E-state index in [1.54, 1.807) is 43.3 Å². The Bertz CT molecular complexity index is 701. The van der Waals surface area contributed by atoms with Gasteiger partial charge in [-0.25, -0.2) is 5.43 Å². The van der Waals surface area contributed by atoms with Crippen molar-refractivity contribution >= 4 is 27.5 Å². The van der Waals surface area contributed by atoms with Gasteiger partial charge in [0.1, 0.15) is 11.5 Å². The lowest BCUT2D eigenvalue weighted by Crippen LogP contribution is -2.25. The molecule has 0 unspecified atom stereocenters. The van der Waals surface area contributed by atoms with Crippen molar-refractivity contribution < 1.29 is 14.6 Å². The molecule has 0 aliphatic carbocycles. The standard InChI is InChI=1S/C16H15BrN2O3/c1-11(14-7-2-3-8-15(14)20)18-19-16(21)10-22-13-6-4-5-12(17)9-13/h2-9,20H,10H2,1H3,(H,19,21)/b18-11+. The van der Waals surface area contributed by atoms with E-state index in [1.165, 1.54) is 0 Å². The van der Waals surface area contributed by atoms with Gasteiger partial charge in [0, 0.05) is 10.0 Å². The van der Waals surface area contributed by atoms with E-state index in [4.69, 9.17) is 4.74 Å². The molecule has 0 bridgehead atoms. The maximum atomic E-state index is 11.7. The lowest BCUT2D eigenvalue weighted by atomic mass is 10.1. The number of para-hydroxylation sites is 1. The van der Waals surface area contributed by atoms with Crippen molar-refractivity contribution in [3.63, 3.8) is 0 Å². The highest BCUT2D eigenvalue weighted by molar-refractivity contribution is 9.10. The SMILES string of the molecule is C/C(=N\NC(=O)COc1cccc(Br)c1)c1ccccc1O. The zero-order valence-electron chi connectivity index (χ0n) is 11.9. The van der Waals surface area contributed by atoms with Crippen LogP contribution in [0.4, 0.5) is 0 Å². The quantitative estimate of drug-likeness (QED) is 0.634. The summed E-state index contributed by atoms with van der Waals surface area (Å²) in [6.07, 6.45) is 0. The minimum absolute atomic E-state index is 0.114. The molecule has 2 aromatic carbocycles. The van der Waals surface area contributed by atoms with Gasteiger partial charge in [-0.2, -0.15) is 5.10 Å². The third-order valence-electron chi connectivity index (χ3n) is 2.81. The highest BCUT2D eigenvalue weighted by Gasteiger charge is 2.05. The monoisotopic (exact) mass is 362 g/mol. The summed E-state index contributed by atoms with van der Waals surface area (Å²) < 4.78 is 6.22. The molecule has 0 saturated heterocycles. The fraction of sp³-hybridized carbons (Fsp3) is 0.125. The number of amides is 1. The summed E-state index contributed by atoms with van der Waals surface area (Å²) in [5, 5.41) is 13.7. The van der Waals surface area contributed by atoms with E-state index in [0.717, 1.165) is 4.47 Å². The van der Waals surface area contributed by atoms with E-state index < -0.39 is 0 Å². The summed E-state index contributed by atoms with van der Waals surface area (Å²) in [6, 6.07) is 14.0. The van der Waals surface area contributed by atoms with Crippen molar-refractivity contribution in [3.8, 4) is 11.5 Å². The van der Waals surface area contributed by atoms with Crippen molar-refractivity contribution in [1.29, 1.82) is 0 Å². The summed E-state index contributed by atoms with van der Waals surface area (Å²) in [6.45, 7) is 1.55. The highest BCUT2D eigenvalue weighted by atomic mass is 79.9. The van der Waals surface area contributed by atoms with Gasteiger partial charge in [0.15, 0.2) is 6.61 Å². The molecule has 6 heteroatoms. The number of nitrogens with one attached hydrogen (secondary N) is 1. The molecule has 0 spiro atoms. The van der Waals surface area contributed by atoms with Crippen LogP contribution in [0.2, 0.25) is 0 Å². The van der Waals surface area contributed by atoms with E-state index in [1.807, 2.05) is 12.1 Å². The second-order valence-electron chi connectivity index (χ2n) is 4.50. The van der Waals surface area contributed by atoms with Gasteiger partial charge in [-0.3, -0.25) is 4.79 Å². The lowest BCUT2D eigenvalue weighted by Gasteiger charge is -2.06. The number of benzene rings is 2. The second kappa shape index (κ2) is 7.61. The van der Waals surface area contributed by atoms with Crippen LogP contribution in [0, 0.1) is 0 Å². The van der Waals surface area contributed by atoms with Crippen LogP contribution < -0.4 is 10.2 Å². The van der Waals surface area contributed by atoms with Crippen LogP contribution in [0.15, 0.2) is 58.1 Å². The highest BCUT2D eigenvalue weighted by Crippen LogP contribution is 2.18. The number of hydrazone groups is 1. The maximum Gasteiger partial charge on any atom is 0.277 e. The zero-order valence-corrected chi connectivity index (χ0v) is 13.5. The summed E-state index contributed by atoms with van der Waals surface area (Å²) in [5.74, 6) is 0.323. The van der Waals surface area contributed by atoms with Crippen LogP contribution in [0.25, 0.3) is 0 Å². The van der Waals surface area contributed by atoms with Crippen LogP contribution in [0.5, 0.6) is 11.5 Å². The average molecular weight is 363 g/mol. The number of carbonyl (C=O) groups is 1. The first-order valence-electron chi connectivity index (χ1n) is 6.56. The smallest absolute Gasteiger partial charge is 0.277 e. The molecule has 2 aromatic rings. The number of halogens is 1. The van der Waals surface area contributed by atoms with E-state index in [9.17, 15) is 9.90 Å². The van der Waals surface area contributed by atoms with Crippen molar-refractivity contribution in [2.75, 3.05) is 6.61 Å². The number of ether oxygens (including phenoxy) is 1. The largest absolute Gasteiger partial charge is 0.507 e. The fourth-order valence-corrected chi connectivity index (χ4v) is 2.10. The Morgan fingerprint density at radius 1 is 1.27 bits per heavy atom. The summed E-state index contributed by atoms with van der Waals surface area (Å²) in [7, 11) is 0. The molecule has 0 atom stereocenters. The predicted molar refractivity (Wildman–Crippen MR) is 88.1 cm³/mol. The molecule has 2 N–H and O–H groups in total. The first-order valence-corrected chi connectivity index (χ1v) is 7.35. The first-order chi connectivity index (χ1) is 10.6. The normalized spacial score (nSPS) is 11.1. The minimum Gasteiger partial charge on any atom is -0.507 e. The van der Waals surface area contributed by atoms with Gasteiger partial charge in [-0.15, -0.1) is 0 Å². The Hall–Kier alpha value is -2.34. The Balaban J connectivity index is 1.90. The molecule has 0 fully saturated rings. The molecule has 0 aliphatic rings. The van der Waals surface area contributed by atoms with E-state index in [2.05, 4.69) is 26.5 Å². The number of carbonyl (C=O) groups excluding carboxylic acids is 1. The minimum atomic E-state index is -0.380. The zero-order chi connectivity index (χ0) is 15.9. The average Bonchev–Trinajstić information content (AvgIpc) is 2.51. The second-order valence-corrected chi connectivity index (χ2v) is 5.41. The van der Waals surface area contributed by atoms with Gasteiger partial charge in [-0.1, -0.05) is 34.1 Å². The molecule has 0 aromatic heterocycles. The van der Waals surface area contributed by atoms with E-state index in [0.29, 0.717) is 17.0 Å². The number of phenolic OH excluding ortho intramolecular Hbond substituents is 1. The Kier molecular flexibility index (Phi) is 5.55. The van der Waals surface area contributed by atoms with Gasteiger partial charge in [0.2, 0.25) is 0 Å². The van der Waals surface area contributed by atoms with E-state index in [-0.39, 0.29) is 18.3 Å². The van der Waals surface area contributed by atoms with Crippen LogP contribution in [0.3, 0.4) is 0 Å². The number of nitrogens with zero attached hydrogens (tertiary/aromatic N) is 1. The third kappa shape index (κ3) is 4.60. The molecule has 0 heterocycles. The van der Waals surface area contributed by atoms with Crippen LogP contribution in [-0.4, -0.2) is 23.3 Å². The van der Waals surface area contributed by atoms with Gasteiger partial charge in [0.05, 0.1) is 5.71 Å². The molecule has 0 radical (unpaired) electrons. The summed E-state index contributed by atoms with van der Waals surface area (Å²) in [4.78, 5) is 11.7. The Morgan fingerprint density at radius 2 is 2.05 bits per heavy atom. The molecule has 2 rings (SSSR count). The van der Waals surface area contributed by atoms with Gasteiger partial charge in [0.25, 0.3) is 5.91 Å². The molecule has 0 saturated carbocycles. The van der Waals surface area contributed by atoms with Gasteiger partial charge >= 0.3 is 0 Å². The predicted octanol–water partition coefficient (Wildman–Crippen LogP) is 3.07. The molecule has 22 heavy (non-hydrogen) atoms. The third-order valence-corrected chi connectivity index (χ3v) is 3.30. The summed E-state index contributed by atoms with van der Waals surface area (Å²) in [5.41, 5.74) is 3.47. The lowest BCUT2D eigenvalue weighted by molar-refractivity contribution is -0.123. The Labute approximate surface area is 136 Å². The molecule has 114 valence electrons. The number of hydrogen-bond donors (Lipinski definition) is 2. The van der Waals surface area contributed by atoms with Crippen LogP contribution in [0.1, 0.15) is 12.5 Å². The van der Waals surface area contributed by atoms with Gasteiger partial charge < -0.3 is 9.84 Å². The molecule has 5 nitrogen and oxygen atoms in total. The van der Waals surface area contributed by atoms with Crippen molar-refractivity contribution in [3.05, 3.63) is 58.6 Å². The molecule has 1 amide bonds. The topological polar surface area (TPSA) is 70.9 Å². The fourth-order valence-electron chi connectivity index (χ4n) is 1.72. The van der Waals surface area contributed by atoms with Crippen LogP contribution >= 0.6 is 15.9 Å². The number of phenols is 1. The molecular formula is C16H15BrN2O3. The Morgan fingerprint density at radius 3 is 2.77 bits per heavy atom. The number of hydrogen-bond acceptors (Lipinski definition) is 4. The van der Waals surface area contributed by atoms with Crippen molar-refractivity contribution in [2.24, 2.45) is 5.10 Å². The van der Waals surface area contributed by atoms with Gasteiger partial charge in [-0.05, 0) is 37.3 Å². The summed E-state index contributed by atoms with van der Waals surface area (Å²) >= 11 is 3.33. The van der Waals surface area contributed by atoms with Crippen molar-refractivity contribution in [2.45, 2.75) is 6.92 Å². The van der Waals surface area contributed by atoms with Crippen LogP contribution in [-0.2, 0) is 4.79 Å². The number of aromatic hydroxyl groups is 1. The number of rotatable bonds is 5. The molecular weight excluding hydrogens is 348 g/mol. The maximum absolute atomic E-state index is 11.7. The van der Waals surface area contributed by atoms with Crippen molar-refractivity contribution in [1.82, 2.24) is 5.43 Å². The van der Waals surface area contributed by atoms with E-state index >= 15 is 0 Å².